The fourth-order valence-corrected chi connectivity index (χ4v) is 4.66. The highest BCUT2D eigenvalue weighted by Crippen LogP contribution is 2.37. The minimum absolute atomic E-state index is 0.408. The van der Waals surface area contributed by atoms with E-state index < -0.39 is 36.0 Å². The molecule has 1 fully saturated rings. The Morgan fingerprint density at radius 2 is 1.67 bits per heavy atom. The first-order valence-electron chi connectivity index (χ1n) is 11.8. The van der Waals surface area contributed by atoms with Crippen molar-refractivity contribution < 1.29 is 18.8 Å². The maximum absolute atomic E-state index is 13.9. The van der Waals surface area contributed by atoms with Gasteiger partial charge in [-0.15, -0.1) is 0 Å². The molecule has 0 saturated carbocycles. The molecule has 1 aliphatic heterocycles. The average Bonchev–Trinajstić information content (AvgIpc) is 3.42. The number of aryl methyl sites for hydroxylation is 2. The number of imide groups is 1. The third-order valence-electron chi connectivity index (χ3n) is 6.80. The van der Waals surface area contributed by atoms with Crippen molar-refractivity contribution in [3.63, 3.8) is 0 Å². The molecule has 182 valence electrons. The summed E-state index contributed by atoms with van der Waals surface area (Å²) in [6.45, 7) is 5.34. The first-order valence-corrected chi connectivity index (χ1v) is 11.8. The first kappa shape index (κ1) is 23.4. The van der Waals surface area contributed by atoms with Crippen LogP contribution >= 0.6 is 0 Å². The number of benzene rings is 3. The highest BCUT2D eigenvalue weighted by atomic mass is 16.3. The van der Waals surface area contributed by atoms with Gasteiger partial charge in [-0.25, -0.2) is 4.79 Å². The Morgan fingerprint density at radius 3 is 2.39 bits per heavy atom. The fraction of sp³-hybridized carbons (Fsp3) is 0.207. The molecule has 1 saturated heterocycles. The van der Waals surface area contributed by atoms with Crippen LogP contribution in [0, 0.1) is 13.8 Å². The van der Waals surface area contributed by atoms with E-state index in [1.54, 1.807) is 19.1 Å². The van der Waals surface area contributed by atoms with Crippen molar-refractivity contribution in [2.24, 2.45) is 0 Å². The summed E-state index contributed by atoms with van der Waals surface area (Å²) in [5.41, 5.74) is 2.67. The van der Waals surface area contributed by atoms with Gasteiger partial charge in [-0.3, -0.25) is 14.5 Å². The number of nitrogens with one attached hydrogen (secondary N) is 2. The standard InChI is InChI=1S/C29H27N3O4/c1-18-13-14-23(15-19(18)2)29(22-10-5-4-6-11-22)27(34)32(28(35)31-29)17-26(33)30-20(3)25-16-21-9-7-8-12-24(21)36-25/h4-16,20H,17H2,1-3H3,(H,30,33)(H,31,35)/t20-,29+/m0/s1. The van der Waals surface area contributed by atoms with Gasteiger partial charge in [0.15, 0.2) is 5.54 Å². The van der Waals surface area contributed by atoms with Gasteiger partial charge >= 0.3 is 6.03 Å². The lowest BCUT2D eigenvalue weighted by Gasteiger charge is -2.28. The van der Waals surface area contributed by atoms with Gasteiger partial charge in [-0.05, 0) is 55.2 Å². The van der Waals surface area contributed by atoms with Crippen LogP contribution in [-0.4, -0.2) is 29.3 Å². The molecule has 0 radical (unpaired) electrons. The molecule has 0 spiro atoms. The zero-order chi connectivity index (χ0) is 25.4. The van der Waals surface area contributed by atoms with Crippen molar-refractivity contribution in [3.8, 4) is 0 Å². The Balaban J connectivity index is 1.41. The molecule has 0 aliphatic carbocycles. The van der Waals surface area contributed by atoms with Crippen molar-refractivity contribution >= 4 is 28.8 Å². The van der Waals surface area contributed by atoms with Crippen LogP contribution in [0.15, 0.2) is 83.3 Å². The summed E-state index contributed by atoms with van der Waals surface area (Å²) in [6, 6.07) is 23.2. The van der Waals surface area contributed by atoms with Gasteiger partial charge in [-0.1, -0.05) is 66.7 Å². The van der Waals surface area contributed by atoms with E-state index in [0.717, 1.165) is 27.0 Å². The number of carbonyl (C=O) groups is 3. The first-order chi connectivity index (χ1) is 17.3. The molecule has 0 unspecified atom stereocenters. The van der Waals surface area contributed by atoms with Gasteiger partial charge in [0.1, 0.15) is 17.9 Å². The SMILES string of the molecule is Cc1ccc([C@@]2(c3ccccc3)NC(=O)N(CC(=O)N[C@@H](C)c3cc4ccccc4o3)C2=O)cc1C. The van der Waals surface area contributed by atoms with Crippen LogP contribution < -0.4 is 10.6 Å². The molecular formula is C29H27N3O4. The van der Waals surface area contributed by atoms with E-state index in [4.69, 9.17) is 4.42 Å². The van der Waals surface area contributed by atoms with Crippen LogP contribution in [0.2, 0.25) is 0 Å². The zero-order valence-electron chi connectivity index (χ0n) is 20.4. The second-order valence-electron chi connectivity index (χ2n) is 9.21. The lowest BCUT2D eigenvalue weighted by atomic mass is 9.81. The minimum atomic E-state index is -1.42. The van der Waals surface area contributed by atoms with Crippen LogP contribution in [0.1, 0.15) is 41.0 Å². The molecule has 7 nitrogen and oxygen atoms in total. The van der Waals surface area contributed by atoms with Crippen LogP contribution in [0.3, 0.4) is 0 Å². The number of urea groups is 1. The Labute approximate surface area is 209 Å². The molecule has 7 heteroatoms. The Kier molecular flexibility index (Phi) is 5.84. The second kappa shape index (κ2) is 9.00. The fourth-order valence-electron chi connectivity index (χ4n) is 4.66. The lowest BCUT2D eigenvalue weighted by Crippen LogP contribution is -2.46. The number of hydrogen-bond donors (Lipinski definition) is 2. The molecule has 5 rings (SSSR count). The number of amides is 4. The summed E-state index contributed by atoms with van der Waals surface area (Å²) in [6.07, 6.45) is 0. The number of para-hydroxylation sites is 1. The molecule has 2 N–H and O–H groups in total. The van der Waals surface area contributed by atoms with Gasteiger partial charge in [0.2, 0.25) is 5.91 Å². The predicted octanol–water partition coefficient (Wildman–Crippen LogP) is 4.72. The van der Waals surface area contributed by atoms with Crippen molar-refractivity contribution in [2.45, 2.75) is 32.4 Å². The third-order valence-corrected chi connectivity index (χ3v) is 6.80. The third kappa shape index (κ3) is 3.92. The smallest absolute Gasteiger partial charge is 0.326 e. The van der Waals surface area contributed by atoms with E-state index in [-0.39, 0.29) is 0 Å². The van der Waals surface area contributed by atoms with Gasteiger partial charge in [0.05, 0.1) is 6.04 Å². The Morgan fingerprint density at radius 1 is 0.944 bits per heavy atom. The van der Waals surface area contributed by atoms with E-state index in [1.165, 1.54) is 0 Å². The number of nitrogens with zero attached hydrogens (tertiary/aromatic N) is 1. The largest absolute Gasteiger partial charge is 0.459 e. The van der Waals surface area contributed by atoms with E-state index >= 15 is 0 Å². The van der Waals surface area contributed by atoms with E-state index in [2.05, 4.69) is 10.6 Å². The highest BCUT2D eigenvalue weighted by molar-refractivity contribution is 6.11. The molecule has 2 heterocycles. The van der Waals surface area contributed by atoms with Gasteiger partial charge in [0.25, 0.3) is 5.91 Å². The van der Waals surface area contributed by atoms with Crippen molar-refractivity contribution in [2.75, 3.05) is 6.54 Å². The summed E-state index contributed by atoms with van der Waals surface area (Å²) >= 11 is 0. The molecule has 3 aromatic carbocycles. The van der Waals surface area contributed by atoms with Crippen LogP contribution in [0.25, 0.3) is 11.0 Å². The molecule has 0 bridgehead atoms. The predicted molar refractivity (Wildman–Crippen MR) is 136 cm³/mol. The maximum atomic E-state index is 13.9. The molecule has 2 atom stereocenters. The molecule has 1 aromatic heterocycles. The van der Waals surface area contributed by atoms with E-state index in [0.29, 0.717) is 16.9 Å². The molecule has 4 aromatic rings. The molecule has 1 aliphatic rings. The molecular weight excluding hydrogens is 454 g/mol. The minimum Gasteiger partial charge on any atom is -0.459 e. The number of furan rings is 1. The van der Waals surface area contributed by atoms with Crippen LogP contribution in [0.5, 0.6) is 0 Å². The Bertz CT molecular complexity index is 1440. The van der Waals surface area contributed by atoms with E-state index in [1.807, 2.05) is 80.6 Å². The molecule has 36 heavy (non-hydrogen) atoms. The number of fused-ring (bicyclic) bond motifs is 1. The normalized spacial score (nSPS) is 18.4. The van der Waals surface area contributed by atoms with Crippen LogP contribution in [-0.2, 0) is 15.1 Å². The van der Waals surface area contributed by atoms with Gasteiger partial charge in [0, 0.05) is 5.39 Å². The summed E-state index contributed by atoms with van der Waals surface area (Å²) in [5, 5.41) is 6.67. The van der Waals surface area contributed by atoms with E-state index in [9.17, 15) is 14.4 Å². The molecule has 4 amide bonds. The number of rotatable bonds is 6. The maximum Gasteiger partial charge on any atom is 0.326 e. The second-order valence-corrected chi connectivity index (χ2v) is 9.21. The van der Waals surface area contributed by atoms with Crippen LogP contribution in [0.4, 0.5) is 4.79 Å². The van der Waals surface area contributed by atoms with Crippen molar-refractivity contribution in [3.05, 3.63) is 107 Å². The van der Waals surface area contributed by atoms with Crippen molar-refractivity contribution in [1.29, 1.82) is 0 Å². The lowest BCUT2D eigenvalue weighted by molar-refractivity contribution is -0.134. The highest BCUT2D eigenvalue weighted by Gasteiger charge is 2.54. The van der Waals surface area contributed by atoms with Crippen molar-refractivity contribution in [1.82, 2.24) is 15.5 Å². The summed E-state index contributed by atoms with van der Waals surface area (Å²) in [4.78, 5) is 40.9. The Hall–Kier alpha value is -4.39. The summed E-state index contributed by atoms with van der Waals surface area (Å²) in [7, 11) is 0. The number of carbonyl (C=O) groups excluding carboxylic acids is 3. The summed E-state index contributed by atoms with van der Waals surface area (Å²) in [5.74, 6) is -0.362. The van der Waals surface area contributed by atoms with Gasteiger partial charge < -0.3 is 15.1 Å². The monoisotopic (exact) mass is 481 g/mol. The van der Waals surface area contributed by atoms with Gasteiger partial charge in [-0.2, -0.15) is 0 Å². The average molecular weight is 482 g/mol. The zero-order valence-corrected chi connectivity index (χ0v) is 20.4. The number of hydrogen-bond acceptors (Lipinski definition) is 4. The quantitative estimate of drug-likeness (QED) is 0.390. The topological polar surface area (TPSA) is 91.7 Å². The summed E-state index contributed by atoms with van der Waals surface area (Å²) < 4.78 is 5.84.